The molecule has 24 heavy (non-hydrogen) atoms. The molecule has 5 nitrogen and oxygen atoms in total. The lowest BCUT2D eigenvalue weighted by molar-refractivity contribution is -0.155. The minimum absolute atomic E-state index is 0.0409. The maximum absolute atomic E-state index is 12.8. The first-order chi connectivity index (χ1) is 11.6. The lowest BCUT2D eigenvalue weighted by atomic mass is 10.0. The zero-order valence-electron chi connectivity index (χ0n) is 12.8. The number of benzene rings is 2. The number of esters is 1. The van der Waals surface area contributed by atoms with Crippen LogP contribution in [0.25, 0.3) is 0 Å². The summed E-state index contributed by atoms with van der Waals surface area (Å²) in [5.41, 5.74) is 0.650. The van der Waals surface area contributed by atoms with Gasteiger partial charge in [0, 0.05) is 18.4 Å². The molecule has 2 aliphatic heterocycles. The Bertz CT molecular complexity index is 956. The maximum atomic E-state index is 12.8. The van der Waals surface area contributed by atoms with Crippen LogP contribution in [0.4, 0.5) is 0 Å². The Morgan fingerprint density at radius 2 is 1.83 bits per heavy atom. The van der Waals surface area contributed by atoms with E-state index in [0.717, 1.165) is 11.1 Å². The van der Waals surface area contributed by atoms with Crippen LogP contribution in [0, 0.1) is 5.92 Å². The molecule has 0 spiro atoms. The fourth-order valence-corrected chi connectivity index (χ4v) is 6.37. The molecule has 2 aromatic carbocycles. The highest BCUT2D eigenvalue weighted by Gasteiger charge is 2.86. The zero-order chi connectivity index (χ0) is 16.5. The van der Waals surface area contributed by atoms with Gasteiger partial charge < -0.3 is 4.74 Å². The smallest absolute Gasteiger partial charge is 0.328 e. The molecule has 1 saturated heterocycles. The zero-order valence-corrected chi connectivity index (χ0v) is 13.6. The molecule has 0 bridgehead atoms. The number of fused-ring (bicyclic) bond motifs is 3. The molecule has 3 atom stereocenters. The fraction of sp³-hybridized carbons (Fsp3) is 0.278. The van der Waals surface area contributed by atoms with Crippen molar-refractivity contribution in [1.29, 1.82) is 0 Å². The number of carbonyl (C=O) groups is 1. The molecule has 0 radical (unpaired) electrons. The van der Waals surface area contributed by atoms with Gasteiger partial charge in [-0.15, -0.1) is 0 Å². The average Bonchev–Trinajstić information content (AvgIpc) is 3.15. The molecule has 0 N–H and O–H groups in total. The Kier molecular flexibility index (Phi) is 2.64. The molecule has 1 saturated carbocycles. The van der Waals surface area contributed by atoms with Crippen molar-refractivity contribution in [1.82, 2.24) is 4.31 Å². The molecular formula is C18H15NO4S. The molecular weight excluding hydrogens is 326 g/mol. The highest BCUT2D eigenvalue weighted by molar-refractivity contribution is 7.89. The largest absolute Gasteiger partial charge is 0.459 e. The molecule has 122 valence electrons. The average molecular weight is 341 g/mol. The summed E-state index contributed by atoms with van der Waals surface area (Å²) in [6.45, 7) is 0.568. The highest BCUT2D eigenvalue weighted by atomic mass is 32.2. The van der Waals surface area contributed by atoms with Gasteiger partial charge in [0.2, 0.25) is 10.0 Å². The molecule has 6 heteroatoms. The van der Waals surface area contributed by atoms with Crippen molar-refractivity contribution < 1.29 is 17.9 Å². The quantitative estimate of drug-likeness (QED) is 0.800. The van der Waals surface area contributed by atoms with Crippen LogP contribution in [0.3, 0.4) is 0 Å². The Morgan fingerprint density at radius 3 is 2.62 bits per heavy atom. The summed E-state index contributed by atoms with van der Waals surface area (Å²) in [5, 5.41) is 0. The molecule has 0 unspecified atom stereocenters. The second-order valence-corrected chi connectivity index (χ2v) is 8.38. The summed E-state index contributed by atoms with van der Waals surface area (Å²) < 4.78 is 32.4. The number of hydrogen-bond donors (Lipinski definition) is 0. The second-order valence-electron chi connectivity index (χ2n) is 6.55. The minimum atomic E-state index is -3.62. The third kappa shape index (κ3) is 1.53. The van der Waals surface area contributed by atoms with E-state index in [2.05, 4.69) is 0 Å². The van der Waals surface area contributed by atoms with E-state index in [9.17, 15) is 13.2 Å². The monoisotopic (exact) mass is 341 g/mol. The van der Waals surface area contributed by atoms with Crippen LogP contribution in [-0.4, -0.2) is 30.8 Å². The van der Waals surface area contributed by atoms with E-state index in [0.29, 0.717) is 11.4 Å². The molecule has 2 heterocycles. The molecule has 0 amide bonds. The number of nitrogens with zero attached hydrogens (tertiary/aromatic N) is 1. The minimum Gasteiger partial charge on any atom is -0.459 e. The lowest BCUT2D eigenvalue weighted by Crippen LogP contribution is -2.59. The highest BCUT2D eigenvalue weighted by Crippen LogP contribution is 2.73. The Morgan fingerprint density at radius 1 is 1.12 bits per heavy atom. The van der Waals surface area contributed by atoms with Gasteiger partial charge in [0.1, 0.15) is 12.1 Å². The van der Waals surface area contributed by atoms with Crippen molar-refractivity contribution in [2.75, 3.05) is 6.54 Å². The van der Waals surface area contributed by atoms with Gasteiger partial charge in [-0.3, -0.25) is 0 Å². The number of hydrogen-bond acceptors (Lipinski definition) is 4. The number of ether oxygens (including phenoxy) is 1. The van der Waals surface area contributed by atoms with E-state index in [1.807, 2.05) is 42.5 Å². The predicted octanol–water partition coefficient (Wildman–Crippen LogP) is 1.90. The van der Waals surface area contributed by atoms with Gasteiger partial charge in [-0.25, -0.2) is 13.2 Å². The van der Waals surface area contributed by atoms with Gasteiger partial charge >= 0.3 is 5.97 Å². The van der Waals surface area contributed by atoms with Gasteiger partial charge in [-0.1, -0.05) is 48.5 Å². The molecule has 1 aliphatic carbocycles. The number of rotatable bonds is 3. The summed E-state index contributed by atoms with van der Waals surface area (Å²) >= 11 is 0. The van der Waals surface area contributed by atoms with Gasteiger partial charge in [0.25, 0.3) is 0 Å². The van der Waals surface area contributed by atoms with Crippen LogP contribution in [-0.2, 0) is 26.2 Å². The van der Waals surface area contributed by atoms with Crippen LogP contribution in [0.5, 0.6) is 0 Å². The third-order valence-corrected chi connectivity index (χ3v) is 7.43. The van der Waals surface area contributed by atoms with E-state index in [4.69, 9.17) is 4.74 Å². The van der Waals surface area contributed by atoms with Crippen LogP contribution in [0.1, 0.15) is 17.0 Å². The van der Waals surface area contributed by atoms with Gasteiger partial charge in [0.15, 0.2) is 0 Å². The van der Waals surface area contributed by atoms with Crippen LogP contribution < -0.4 is 0 Å². The molecule has 3 aliphatic rings. The number of carbonyl (C=O) groups excluding carboxylic acids is 1. The van der Waals surface area contributed by atoms with Crippen molar-refractivity contribution in [3.05, 3.63) is 65.7 Å². The summed E-state index contributed by atoms with van der Waals surface area (Å²) in [5.74, 6) is -0.453. The third-order valence-electron chi connectivity index (χ3n) is 5.47. The van der Waals surface area contributed by atoms with Gasteiger partial charge in [-0.2, -0.15) is 4.31 Å². The summed E-state index contributed by atoms with van der Waals surface area (Å²) in [7, 11) is -3.62. The van der Waals surface area contributed by atoms with Crippen LogP contribution in [0.15, 0.2) is 59.5 Å². The maximum Gasteiger partial charge on any atom is 0.328 e. The molecule has 5 rings (SSSR count). The standard InChI is InChI=1S/C18H15NO4S/c20-17(23-11-12-6-2-1-3-7-12)18-14-10-19(18)24(21,22)15-9-5-4-8-13(15)16(14)18/h1-9,14,16H,10-11H2/t14-,16+,18-/m0/s1. The number of sulfonamides is 1. The first-order valence-electron chi connectivity index (χ1n) is 7.91. The van der Waals surface area contributed by atoms with Crippen molar-refractivity contribution >= 4 is 16.0 Å². The van der Waals surface area contributed by atoms with Crippen molar-refractivity contribution in [3.8, 4) is 0 Å². The van der Waals surface area contributed by atoms with Gasteiger partial charge in [0.05, 0.1) is 4.90 Å². The van der Waals surface area contributed by atoms with E-state index in [1.54, 1.807) is 12.1 Å². The second kappa shape index (κ2) is 4.46. The lowest BCUT2D eigenvalue weighted by Gasteiger charge is -2.39. The van der Waals surface area contributed by atoms with Crippen molar-refractivity contribution in [3.63, 3.8) is 0 Å². The topological polar surface area (TPSA) is 63.7 Å². The summed E-state index contributed by atoms with van der Waals surface area (Å²) in [6.07, 6.45) is 0. The summed E-state index contributed by atoms with van der Waals surface area (Å²) in [6, 6.07) is 16.4. The molecule has 2 fully saturated rings. The summed E-state index contributed by atoms with van der Waals surface area (Å²) in [4.78, 5) is 13.1. The first kappa shape index (κ1) is 14.2. The molecule has 2 aromatic rings. The van der Waals surface area contributed by atoms with E-state index in [1.165, 1.54) is 4.31 Å². The van der Waals surface area contributed by atoms with E-state index in [-0.39, 0.29) is 18.4 Å². The normalized spacial score (nSPS) is 31.3. The SMILES string of the molecule is O=C(OCc1ccccc1)[C@]12[C@@H]3c4ccccc4S(=O)(=O)N1C[C@@H]32. The Hall–Kier alpha value is -2.18. The molecule has 0 aromatic heterocycles. The fourth-order valence-electron chi connectivity index (χ4n) is 4.31. The Balaban J connectivity index is 1.48. The van der Waals surface area contributed by atoms with E-state index >= 15 is 0 Å². The Labute approximate surface area is 139 Å². The first-order valence-corrected chi connectivity index (χ1v) is 9.35. The van der Waals surface area contributed by atoms with Crippen LogP contribution in [0.2, 0.25) is 0 Å². The van der Waals surface area contributed by atoms with E-state index < -0.39 is 21.5 Å². The van der Waals surface area contributed by atoms with Gasteiger partial charge in [-0.05, 0) is 17.2 Å². The van der Waals surface area contributed by atoms with Crippen molar-refractivity contribution in [2.24, 2.45) is 5.92 Å². The predicted molar refractivity (Wildman–Crippen MR) is 85.5 cm³/mol. The van der Waals surface area contributed by atoms with Crippen LogP contribution >= 0.6 is 0 Å². The van der Waals surface area contributed by atoms with Crippen molar-refractivity contribution in [2.45, 2.75) is 23.0 Å².